The third-order valence-corrected chi connectivity index (χ3v) is 6.76. The van der Waals surface area contributed by atoms with Crippen molar-refractivity contribution >= 4 is 29.4 Å². The number of hydrogen-bond acceptors (Lipinski definition) is 6. The van der Waals surface area contributed by atoms with Gasteiger partial charge < -0.3 is 23.7 Å². The highest BCUT2D eigenvalue weighted by atomic mass is 31.2. The van der Waals surface area contributed by atoms with E-state index in [2.05, 4.69) is 40.0 Å². The van der Waals surface area contributed by atoms with Crippen LogP contribution in [0.5, 0.6) is 11.5 Å². The van der Waals surface area contributed by atoms with Crippen molar-refractivity contribution in [3.05, 3.63) is 42.5 Å². The van der Waals surface area contributed by atoms with Crippen LogP contribution in [0.15, 0.2) is 42.5 Å². The SMILES string of the molecule is CCN(CC)CCOc1ccc2[nH]c(-c3n[nH]c4ccc(OP(C)(=O)OC)cc34)cc2c1. The van der Waals surface area contributed by atoms with Gasteiger partial charge in [0.15, 0.2) is 0 Å². The van der Waals surface area contributed by atoms with Crippen molar-refractivity contribution in [1.82, 2.24) is 20.1 Å². The van der Waals surface area contributed by atoms with Gasteiger partial charge in [-0.1, -0.05) is 13.8 Å². The molecule has 0 aliphatic carbocycles. The lowest BCUT2D eigenvalue weighted by Gasteiger charge is -2.17. The monoisotopic (exact) mass is 456 g/mol. The number of H-pyrrole nitrogens is 2. The molecule has 2 aromatic carbocycles. The molecule has 9 heteroatoms. The molecule has 0 aliphatic rings. The van der Waals surface area contributed by atoms with Crippen LogP contribution < -0.4 is 9.26 Å². The Morgan fingerprint density at radius 3 is 2.53 bits per heavy atom. The van der Waals surface area contributed by atoms with Crippen LogP contribution in [0.25, 0.3) is 33.2 Å². The lowest BCUT2D eigenvalue weighted by molar-refractivity contribution is 0.223. The molecule has 2 heterocycles. The van der Waals surface area contributed by atoms with Crippen LogP contribution in [0, 0.1) is 0 Å². The minimum atomic E-state index is -3.15. The fourth-order valence-corrected chi connectivity index (χ4v) is 4.22. The van der Waals surface area contributed by atoms with Crippen molar-refractivity contribution in [3.8, 4) is 22.9 Å². The Morgan fingerprint density at radius 1 is 1.03 bits per heavy atom. The molecule has 0 amide bonds. The molecule has 0 saturated heterocycles. The predicted octanol–water partition coefficient (Wildman–Crippen LogP) is 5.28. The van der Waals surface area contributed by atoms with Crippen molar-refractivity contribution in [1.29, 1.82) is 0 Å². The molecule has 0 aliphatic heterocycles. The van der Waals surface area contributed by atoms with Gasteiger partial charge in [0.25, 0.3) is 0 Å². The highest BCUT2D eigenvalue weighted by molar-refractivity contribution is 7.53. The summed E-state index contributed by atoms with van der Waals surface area (Å²) in [5.74, 6) is 1.31. The van der Waals surface area contributed by atoms with Gasteiger partial charge in [0.05, 0.1) is 11.2 Å². The van der Waals surface area contributed by atoms with E-state index in [1.807, 2.05) is 30.3 Å². The number of aromatic nitrogens is 3. The summed E-state index contributed by atoms with van der Waals surface area (Å²) >= 11 is 0. The number of ether oxygens (including phenoxy) is 1. The standard InChI is InChI=1S/C23H29N4O4P/c1-5-27(6-2)11-12-30-17-7-9-20-16(13-17)14-22(24-20)23-19-15-18(31-32(4,28)29-3)8-10-21(19)25-26-23/h7-10,13-15,24H,5-6,11-12H2,1-4H3,(H,25,26). The predicted molar refractivity (Wildman–Crippen MR) is 128 cm³/mol. The summed E-state index contributed by atoms with van der Waals surface area (Å²) in [4.78, 5) is 5.75. The van der Waals surface area contributed by atoms with E-state index < -0.39 is 7.60 Å². The van der Waals surface area contributed by atoms with Crippen molar-refractivity contribution in [2.45, 2.75) is 13.8 Å². The van der Waals surface area contributed by atoms with E-state index >= 15 is 0 Å². The van der Waals surface area contributed by atoms with Crippen molar-refractivity contribution in [3.63, 3.8) is 0 Å². The highest BCUT2D eigenvalue weighted by Crippen LogP contribution is 2.44. The van der Waals surface area contributed by atoms with Gasteiger partial charge in [0.1, 0.15) is 23.8 Å². The van der Waals surface area contributed by atoms with Crippen LogP contribution in [0.1, 0.15) is 13.8 Å². The minimum absolute atomic E-state index is 0.466. The number of likely N-dealkylation sites (N-methyl/N-ethyl adjacent to an activating group) is 1. The Balaban J connectivity index is 1.58. The normalized spacial score (nSPS) is 13.7. The summed E-state index contributed by atoms with van der Waals surface area (Å²) in [5.41, 5.74) is 3.48. The number of nitrogens with zero attached hydrogens (tertiary/aromatic N) is 2. The first-order chi connectivity index (χ1) is 15.4. The molecule has 1 atom stereocenters. The van der Waals surface area contributed by atoms with Crippen LogP contribution in [-0.2, 0) is 9.09 Å². The molecule has 0 spiro atoms. The fraction of sp³-hybridized carbons (Fsp3) is 0.348. The van der Waals surface area contributed by atoms with E-state index in [0.717, 1.165) is 58.6 Å². The summed E-state index contributed by atoms with van der Waals surface area (Å²) in [6, 6.07) is 13.5. The lowest BCUT2D eigenvalue weighted by Crippen LogP contribution is -2.27. The number of aromatic amines is 2. The average molecular weight is 456 g/mol. The second-order valence-electron chi connectivity index (χ2n) is 7.63. The first kappa shape index (κ1) is 22.4. The van der Waals surface area contributed by atoms with Crippen molar-refractivity contribution in [2.75, 3.05) is 40.0 Å². The van der Waals surface area contributed by atoms with Gasteiger partial charge in [-0.15, -0.1) is 0 Å². The second-order valence-corrected chi connectivity index (χ2v) is 9.72. The Morgan fingerprint density at radius 2 is 1.78 bits per heavy atom. The molecular weight excluding hydrogens is 427 g/mol. The molecule has 170 valence electrons. The van der Waals surface area contributed by atoms with Crippen LogP contribution >= 0.6 is 7.60 Å². The lowest BCUT2D eigenvalue weighted by atomic mass is 10.1. The zero-order valence-electron chi connectivity index (χ0n) is 18.8. The molecular formula is C23H29N4O4P. The van der Waals surface area contributed by atoms with Crippen LogP contribution in [0.4, 0.5) is 0 Å². The maximum atomic E-state index is 12.2. The number of benzene rings is 2. The highest BCUT2D eigenvalue weighted by Gasteiger charge is 2.18. The Kier molecular flexibility index (Phi) is 6.55. The maximum absolute atomic E-state index is 12.2. The van der Waals surface area contributed by atoms with Crippen molar-refractivity contribution in [2.24, 2.45) is 0 Å². The number of rotatable bonds is 10. The largest absolute Gasteiger partial charge is 0.492 e. The van der Waals surface area contributed by atoms with Crippen LogP contribution in [0.3, 0.4) is 0 Å². The third-order valence-electron chi connectivity index (χ3n) is 5.56. The average Bonchev–Trinajstić information content (AvgIpc) is 3.39. The molecule has 1 unspecified atom stereocenters. The van der Waals surface area contributed by atoms with E-state index in [-0.39, 0.29) is 0 Å². The first-order valence-electron chi connectivity index (χ1n) is 10.7. The number of nitrogens with one attached hydrogen (secondary N) is 2. The summed E-state index contributed by atoms with van der Waals surface area (Å²) in [7, 11) is -1.78. The molecule has 8 nitrogen and oxygen atoms in total. The third kappa shape index (κ3) is 4.83. The smallest absolute Gasteiger partial charge is 0.375 e. The molecule has 0 saturated carbocycles. The molecule has 32 heavy (non-hydrogen) atoms. The Labute approximate surface area is 187 Å². The molecule has 2 N–H and O–H groups in total. The van der Waals surface area contributed by atoms with Gasteiger partial charge in [-0.3, -0.25) is 5.10 Å². The molecule has 0 radical (unpaired) electrons. The zero-order chi connectivity index (χ0) is 22.7. The molecule has 4 rings (SSSR count). The summed E-state index contributed by atoms with van der Waals surface area (Å²) in [5, 5.41) is 9.43. The number of hydrogen-bond donors (Lipinski definition) is 2. The Hall–Kier alpha value is -2.80. The van der Waals surface area contributed by atoms with Gasteiger partial charge in [-0.25, -0.2) is 4.57 Å². The minimum Gasteiger partial charge on any atom is -0.492 e. The van der Waals surface area contributed by atoms with Gasteiger partial charge >= 0.3 is 7.60 Å². The van der Waals surface area contributed by atoms with Crippen LogP contribution in [-0.4, -0.2) is 60.1 Å². The molecule has 0 bridgehead atoms. The molecule has 2 aromatic heterocycles. The van der Waals surface area contributed by atoms with Crippen molar-refractivity contribution < 1.29 is 18.3 Å². The zero-order valence-corrected chi connectivity index (χ0v) is 19.7. The summed E-state index contributed by atoms with van der Waals surface area (Å²) in [6.07, 6.45) is 0. The molecule has 0 fully saturated rings. The van der Waals surface area contributed by atoms with Gasteiger partial charge in [-0.05, 0) is 55.6 Å². The van der Waals surface area contributed by atoms with Crippen LogP contribution in [0.2, 0.25) is 0 Å². The molecule has 4 aromatic rings. The maximum Gasteiger partial charge on any atom is 0.375 e. The summed E-state index contributed by atoms with van der Waals surface area (Å²) < 4.78 is 28.6. The quantitative estimate of drug-likeness (QED) is 0.316. The fourth-order valence-electron chi connectivity index (χ4n) is 3.64. The topological polar surface area (TPSA) is 92.5 Å². The first-order valence-corrected chi connectivity index (χ1v) is 12.7. The van der Waals surface area contributed by atoms with E-state index in [1.165, 1.54) is 13.8 Å². The van der Waals surface area contributed by atoms with E-state index in [1.54, 1.807) is 6.07 Å². The van der Waals surface area contributed by atoms with E-state index in [4.69, 9.17) is 13.8 Å². The summed E-state index contributed by atoms with van der Waals surface area (Å²) in [6.45, 7) is 9.34. The van der Waals surface area contributed by atoms with Gasteiger partial charge in [-0.2, -0.15) is 5.10 Å². The van der Waals surface area contributed by atoms with E-state index in [0.29, 0.717) is 12.4 Å². The van der Waals surface area contributed by atoms with E-state index in [9.17, 15) is 4.57 Å². The number of fused-ring (bicyclic) bond motifs is 2. The Bertz CT molecular complexity index is 1260. The van der Waals surface area contributed by atoms with Gasteiger partial charge in [0, 0.05) is 36.6 Å². The van der Waals surface area contributed by atoms with Gasteiger partial charge in [0.2, 0.25) is 0 Å². The second kappa shape index (κ2) is 9.36.